The van der Waals surface area contributed by atoms with E-state index >= 15 is 0 Å². The van der Waals surface area contributed by atoms with Crippen LogP contribution in [0.1, 0.15) is 18.9 Å². The van der Waals surface area contributed by atoms with Crippen molar-refractivity contribution in [2.24, 2.45) is 0 Å². The molecule has 3 rings (SSSR count). The highest BCUT2D eigenvalue weighted by Gasteiger charge is 2.35. The number of nitrogens with one attached hydrogen (secondary N) is 1. The molecule has 0 unspecified atom stereocenters. The van der Waals surface area contributed by atoms with Gasteiger partial charge in [-0.05, 0) is 43.5 Å². The van der Waals surface area contributed by atoms with Gasteiger partial charge >= 0.3 is 0 Å². The Morgan fingerprint density at radius 1 is 1.35 bits per heavy atom. The van der Waals surface area contributed by atoms with Gasteiger partial charge in [0.05, 0.1) is 11.8 Å². The molecule has 0 radical (unpaired) electrons. The Bertz CT molecular complexity index is 726. The minimum atomic E-state index is -3.31. The third kappa shape index (κ3) is 3.80. The van der Waals surface area contributed by atoms with Gasteiger partial charge < -0.3 is 4.74 Å². The number of hydrogen-bond donors (Lipinski definition) is 1. The van der Waals surface area contributed by atoms with E-state index in [0.717, 1.165) is 11.3 Å². The van der Waals surface area contributed by atoms with Crippen LogP contribution < -0.4 is 4.72 Å². The van der Waals surface area contributed by atoms with Crippen molar-refractivity contribution in [2.45, 2.75) is 31.1 Å². The summed E-state index contributed by atoms with van der Waals surface area (Å²) in [6.07, 6.45) is 4.60. The Labute approximate surface area is 136 Å². The monoisotopic (exact) mass is 335 g/mol. The average molecular weight is 335 g/mol. The second-order valence-electron chi connectivity index (χ2n) is 5.71. The molecule has 23 heavy (non-hydrogen) atoms. The van der Waals surface area contributed by atoms with Gasteiger partial charge in [-0.25, -0.2) is 17.8 Å². The second kappa shape index (κ2) is 6.82. The fourth-order valence-corrected chi connectivity index (χ4v) is 4.39. The molecular formula is C16H21N3O3S. The lowest BCUT2D eigenvalue weighted by molar-refractivity contribution is 0.126. The predicted molar refractivity (Wildman–Crippen MR) is 88.0 cm³/mol. The first kappa shape index (κ1) is 16.2. The fourth-order valence-electron chi connectivity index (χ4n) is 2.80. The van der Waals surface area contributed by atoms with Crippen molar-refractivity contribution in [3.63, 3.8) is 0 Å². The molecule has 7 heteroatoms. The van der Waals surface area contributed by atoms with Gasteiger partial charge in [-0.1, -0.05) is 12.1 Å². The zero-order chi connectivity index (χ0) is 16.3. The molecule has 2 aromatic rings. The molecule has 0 saturated carbocycles. The van der Waals surface area contributed by atoms with E-state index in [1.807, 2.05) is 43.5 Å². The first-order valence-corrected chi connectivity index (χ1v) is 9.30. The van der Waals surface area contributed by atoms with E-state index in [1.54, 1.807) is 10.9 Å². The SMILES string of the molecule is C[C@H]1OCC[C@@H]1S(=O)(=O)NCCc1ccc(-n2cccn2)cc1. The summed E-state index contributed by atoms with van der Waals surface area (Å²) in [6.45, 7) is 2.72. The largest absolute Gasteiger partial charge is 0.377 e. The van der Waals surface area contributed by atoms with Crippen LogP contribution in [0.25, 0.3) is 5.69 Å². The van der Waals surface area contributed by atoms with E-state index in [0.29, 0.717) is 26.0 Å². The number of aromatic nitrogens is 2. The minimum Gasteiger partial charge on any atom is -0.377 e. The van der Waals surface area contributed by atoms with Crippen LogP contribution >= 0.6 is 0 Å². The van der Waals surface area contributed by atoms with Gasteiger partial charge in [0.25, 0.3) is 0 Å². The Kier molecular flexibility index (Phi) is 4.79. The van der Waals surface area contributed by atoms with Gasteiger partial charge in [-0.3, -0.25) is 0 Å². The molecule has 0 aliphatic carbocycles. The summed E-state index contributed by atoms with van der Waals surface area (Å²) in [5, 5.41) is 3.73. The van der Waals surface area contributed by atoms with Crippen molar-refractivity contribution in [1.29, 1.82) is 0 Å². The van der Waals surface area contributed by atoms with Crippen LogP contribution in [0.3, 0.4) is 0 Å². The molecule has 1 aliphatic rings. The van der Waals surface area contributed by atoms with Gasteiger partial charge in [0.1, 0.15) is 5.25 Å². The number of nitrogens with zero attached hydrogens (tertiary/aromatic N) is 2. The van der Waals surface area contributed by atoms with Crippen LogP contribution in [0, 0.1) is 0 Å². The highest BCUT2D eigenvalue weighted by molar-refractivity contribution is 7.90. The van der Waals surface area contributed by atoms with Crippen molar-refractivity contribution in [1.82, 2.24) is 14.5 Å². The number of ether oxygens (including phenoxy) is 1. The molecule has 0 amide bonds. The molecule has 6 nitrogen and oxygen atoms in total. The molecule has 2 atom stereocenters. The molecule has 1 aromatic heterocycles. The summed E-state index contributed by atoms with van der Waals surface area (Å²) >= 11 is 0. The zero-order valence-corrected chi connectivity index (χ0v) is 13.9. The maximum atomic E-state index is 12.2. The summed E-state index contributed by atoms with van der Waals surface area (Å²) in [7, 11) is -3.31. The number of benzene rings is 1. The normalized spacial score (nSPS) is 21.6. The average Bonchev–Trinajstić information content (AvgIpc) is 3.19. The zero-order valence-electron chi connectivity index (χ0n) is 13.1. The summed E-state index contributed by atoms with van der Waals surface area (Å²) < 4.78 is 34.3. The lowest BCUT2D eigenvalue weighted by Crippen LogP contribution is -2.39. The van der Waals surface area contributed by atoms with E-state index in [9.17, 15) is 8.42 Å². The molecule has 0 spiro atoms. The van der Waals surface area contributed by atoms with E-state index in [2.05, 4.69) is 9.82 Å². The van der Waals surface area contributed by atoms with Crippen LogP contribution in [-0.4, -0.2) is 42.7 Å². The summed E-state index contributed by atoms with van der Waals surface area (Å²) in [5.41, 5.74) is 2.07. The predicted octanol–water partition coefficient (Wildman–Crippen LogP) is 1.51. The van der Waals surface area contributed by atoms with Crippen LogP contribution in [0.2, 0.25) is 0 Å². The van der Waals surface area contributed by atoms with Crippen molar-refractivity contribution in [2.75, 3.05) is 13.2 Å². The van der Waals surface area contributed by atoms with E-state index in [-0.39, 0.29) is 6.10 Å². The minimum absolute atomic E-state index is 0.235. The number of hydrogen-bond acceptors (Lipinski definition) is 4. The fraction of sp³-hybridized carbons (Fsp3) is 0.438. The van der Waals surface area contributed by atoms with Crippen LogP contribution in [-0.2, 0) is 21.2 Å². The summed E-state index contributed by atoms with van der Waals surface area (Å²) in [4.78, 5) is 0. The second-order valence-corrected chi connectivity index (χ2v) is 7.69. The first-order valence-electron chi connectivity index (χ1n) is 7.75. The molecule has 124 valence electrons. The molecule has 0 bridgehead atoms. The molecule has 1 aromatic carbocycles. The van der Waals surface area contributed by atoms with Crippen molar-refractivity contribution in [3.8, 4) is 5.69 Å². The van der Waals surface area contributed by atoms with Crippen LogP contribution in [0.15, 0.2) is 42.7 Å². The summed E-state index contributed by atoms with van der Waals surface area (Å²) in [5.74, 6) is 0. The van der Waals surface area contributed by atoms with Crippen LogP contribution in [0.5, 0.6) is 0 Å². The topological polar surface area (TPSA) is 73.2 Å². The highest BCUT2D eigenvalue weighted by atomic mass is 32.2. The Morgan fingerprint density at radius 2 is 2.13 bits per heavy atom. The Balaban J connectivity index is 1.54. The molecule has 1 N–H and O–H groups in total. The highest BCUT2D eigenvalue weighted by Crippen LogP contribution is 2.19. The van der Waals surface area contributed by atoms with Crippen molar-refractivity contribution >= 4 is 10.0 Å². The van der Waals surface area contributed by atoms with E-state index in [1.165, 1.54) is 0 Å². The molecule has 1 fully saturated rings. The van der Waals surface area contributed by atoms with Gasteiger partial charge in [-0.15, -0.1) is 0 Å². The first-order chi connectivity index (χ1) is 11.1. The van der Waals surface area contributed by atoms with E-state index in [4.69, 9.17) is 4.74 Å². The van der Waals surface area contributed by atoms with Gasteiger partial charge in [0.15, 0.2) is 0 Å². The third-order valence-electron chi connectivity index (χ3n) is 4.13. The Hall–Kier alpha value is -1.70. The Morgan fingerprint density at radius 3 is 2.74 bits per heavy atom. The lowest BCUT2D eigenvalue weighted by Gasteiger charge is -2.15. The van der Waals surface area contributed by atoms with Crippen molar-refractivity contribution < 1.29 is 13.2 Å². The quantitative estimate of drug-likeness (QED) is 0.868. The van der Waals surface area contributed by atoms with Gasteiger partial charge in [-0.2, -0.15) is 5.10 Å². The van der Waals surface area contributed by atoms with Gasteiger partial charge in [0, 0.05) is 25.5 Å². The third-order valence-corrected chi connectivity index (χ3v) is 6.15. The molecule has 1 aliphatic heterocycles. The van der Waals surface area contributed by atoms with Crippen molar-refractivity contribution in [3.05, 3.63) is 48.3 Å². The maximum absolute atomic E-state index is 12.2. The number of rotatable bonds is 6. The maximum Gasteiger partial charge on any atom is 0.217 e. The molecular weight excluding hydrogens is 314 g/mol. The van der Waals surface area contributed by atoms with E-state index < -0.39 is 15.3 Å². The van der Waals surface area contributed by atoms with Gasteiger partial charge in [0.2, 0.25) is 10.0 Å². The van der Waals surface area contributed by atoms with Crippen LogP contribution in [0.4, 0.5) is 0 Å². The lowest BCUT2D eigenvalue weighted by atomic mass is 10.1. The standard InChI is InChI=1S/C16H21N3O3S/c1-13-16(8-12-22-13)23(20,21)18-10-7-14-3-5-15(6-4-14)19-11-2-9-17-19/h2-6,9,11,13,16,18H,7-8,10,12H2,1H3/t13-,16+/m1/s1. The summed E-state index contributed by atoms with van der Waals surface area (Å²) in [6, 6.07) is 9.81. The molecule has 2 heterocycles. The smallest absolute Gasteiger partial charge is 0.217 e. The number of sulfonamides is 1. The molecule has 1 saturated heterocycles.